The van der Waals surface area contributed by atoms with Gasteiger partial charge in [-0.05, 0) is 50.7 Å². The molecule has 0 unspecified atom stereocenters. The Morgan fingerprint density at radius 2 is 2.17 bits per heavy atom. The first-order valence-electron chi connectivity index (χ1n) is 9.08. The normalized spacial score (nSPS) is 24.2. The smallest absolute Gasteiger partial charge is 0.230 e. The number of hydrogen-bond donors (Lipinski definition) is 0. The average Bonchev–Trinajstić information content (AvgIpc) is 3.17. The van der Waals surface area contributed by atoms with E-state index in [4.69, 9.17) is 9.15 Å². The first-order valence-corrected chi connectivity index (χ1v) is 9.08. The Morgan fingerprint density at radius 3 is 2.75 bits per heavy atom. The van der Waals surface area contributed by atoms with Gasteiger partial charge in [-0.25, -0.2) is 0 Å². The summed E-state index contributed by atoms with van der Waals surface area (Å²) in [5, 5.41) is 0. The zero-order chi connectivity index (χ0) is 17.2. The van der Waals surface area contributed by atoms with Crippen LogP contribution >= 0.6 is 0 Å². The first kappa shape index (κ1) is 17.5. The molecule has 0 bridgehead atoms. The molecule has 5 heteroatoms. The van der Waals surface area contributed by atoms with Crippen LogP contribution in [0.2, 0.25) is 0 Å². The van der Waals surface area contributed by atoms with Gasteiger partial charge in [-0.15, -0.1) is 0 Å². The number of carbonyl (C=O) groups is 1. The number of nitrogens with zero attached hydrogens (tertiary/aromatic N) is 2. The maximum Gasteiger partial charge on any atom is 0.230 e. The van der Waals surface area contributed by atoms with Crippen molar-refractivity contribution in [3.05, 3.63) is 24.2 Å². The molecule has 0 aliphatic carbocycles. The molecule has 3 rings (SSSR count). The van der Waals surface area contributed by atoms with Gasteiger partial charge in [0.05, 0.1) is 19.3 Å². The van der Waals surface area contributed by atoms with E-state index in [-0.39, 0.29) is 5.91 Å². The van der Waals surface area contributed by atoms with Crippen molar-refractivity contribution < 1.29 is 13.9 Å². The van der Waals surface area contributed by atoms with Crippen molar-refractivity contribution in [2.75, 3.05) is 33.4 Å². The Kier molecular flexibility index (Phi) is 5.30. The Hall–Kier alpha value is -1.33. The lowest BCUT2D eigenvalue weighted by Gasteiger charge is -2.39. The highest BCUT2D eigenvalue weighted by atomic mass is 16.5. The third kappa shape index (κ3) is 3.67. The molecule has 1 amide bonds. The number of methoxy groups -OCH3 is 1. The second kappa shape index (κ2) is 7.28. The van der Waals surface area contributed by atoms with Gasteiger partial charge in [0.2, 0.25) is 5.91 Å². The maximum atomic E-state index is 12.4. The van der Waals surface area contributed by atoms with Gasteiger partial charge in [0.25, 0.3) is 0 Å². The van der Waals surface area contributed by atoms with E-state index in [0.29, 0.717) is 23.9 Å². The van der Waals surface area contributed by atoms with E-state index in [1.54, 1.807) is 13.4 Å². The van der Waals surface area contributed by atoms with E-state index < -0.39 is 0 Å². The summed E-state index contributed by atoms with van der Waals surface area (Å²) in [5.41, 5.74) is 0.356. The molecule has 2 aliphatic heterocycles. The molecule has 24 heavy (non-hydrogen) atoms. The molecule has 2 aliphatic rings. The van der Waals surface area contributed by atoms with Crippen molar-refractivity contribution in [1.29, 1.82) is 0 Å². The van der Waals surface area contributed by atoms with Crippen LogP contribution in [0, 0.1) is 5.41 Å². The molecule has 1 aromatic heterocycles. The zero-order valence-corrected chi connectivity index (χ0v) is 15.2. The van der Waals surface area contributed by atoms with Crippen molar-refractivity contribution in [3.63, 3.8) is 0 Å². The quantitative estimate of drug-likeness (QED) is 0.830. The van der Waals surface area contributed by atoms with E-state index in [1.165, 1.54) is 6.42 Å². The topological polar surface area (TPSA) is 45.9 Å². The summed E-state index contributed by atoms with van der Waals surface area (Å²) in [5.74, 6) is 0.944. The van der Waals surface area contributed by atoms with E-state index in [0.717, 1.165) is 44.8 Å². The van der Waals surface area contributed by atoms with Gasteiger partial charge < -0.3 is 14.1 Å². The standard InChI is InChI=1S/C19H30N2O3/c1-15(2)21-14-19(12-16(21)13-23-3)6-8-20(9-7-19)18(22)11-17-5-4-10-24-17/h4-5,10,15-16H,6-9,11-14H2,1-3H3/t16-/m1/s1. The number of amides is 1. The minimum absolute atomic E-state index is 0.187. The van der Waals surface area contributed by atoms with Gasteiger partial charge in [-0.1, -0.05) is 0 Å². The maximum absolute atomic E-state index is 12.4. The lowest BCUT2D eigenvalue weighted by Crippen LogP contribution is -2.45. The molecule has 1 spiro atoms. The monoisotopic (exact) mass is 334 g/mol. The molecule has 2 saturated heterocycles. The summed E-state index contributed by atoms with van der Waals surface area (Å²) in [4.78, 5) is 17.0. The highest BCUT2D eigenvalue weighted by Gasteiger charge is 2.46. The number of furan rings is 1. The predicted molar refractivity (Wildman–Crippen MR) is 92.8 cm³/mol. The van der Waals surface area contributed by atoms with Crippen LogP contribution in [-0.2, 0) is 16.0 Å². The first-order chi connectivity index (χ1) is 11.5. The molecule has 1 aromatic rings. The SMILES string of the molecule is COC[C@H]1CC2(CCN(C(=O)Cc3ccco3)CC2)CN1C(C)C. The molecule has 0 saturated carbocycles. The van der Waals surface area contributed by atoms with Crippen LogP contribution in [0.25, 0.3) is 0 Å². The number of likely N-dealkylation sites (tertiary alicyclic amines) is 2. The zero-order valence-electron chi connectivity index (χ0n) is 15.2. The number of ether oxygens (including phenoxy) is 1. The molecular formula is C19H30N2O3. The molecule has 5 nitrogen and oxygen atoms in total. The van der Waals surface area contributed by atoms with Crippen LogP contribution in [0.1, 0.15) is 38.9 Å². The highest BCUT2D eigenvalue weighted by Crippen LogP contribution is 2.44. The fourth-order valence-electron chi connectivity index (χ4n) is 4.42. The fraction of sp³-hybridized carbons (Fsp3) is 0.737. The van der Waals surface area contributed by atoms with Gasteiger partial charge in [0.15, 0.2) is 0 Å². The molecule has 1 atom stereocenters. The molecule has 0 aromatic carbocycles. The summed E-state index contributed by atoms with van der Waals surface area (Å²) in [6.07, 6.45) is 5.40. The lowest BCUT2D eigenvalue weighted by molar-refractivity contribution is -0.133. The van der Waals surface area contributed by atoms with Crippen molar-refractivity contribution in [3.8, 4) is 0 Å². The molecule has 134 valence electrons. The summed E-state index contributed by atoms with van der Waals surface area (Å²) in [6.45, 7) is 8.21. The third-order valence-corrected chi connectivity index (χ3v) is 5.76. The summed E-state index contributed by atoms with van der Waals surface area (Å²) in [6, 6.07) is 4.77. The molecule has 2 fully saturated rings. The Labute approximate surface area is 144 Å². The number of rotatable bonds is 5. The summed E-state index contributed by atoms with van der Waals surface area (Å²) in [7, 11) is 1.79. The molecular weight excluding hydrogens is 304 g/mol. The van der Waals surface area contributed by atoms with Crippen LogP contribution in [0.15, 0.2) is 22.8 Å². The minimum Gasteiger partial charge on any atom is -0.469 e. The third-order valence-electron chi connectivity index (χ3n) is 5.76. The van der Waals surface area contributed by atoms with Crippen LogP contribution in [0.4, 0.5) is 0 Å². The highest BCUT2D eigenvalue weighted by molar-refractivity contribution is 5.78. The fourth-order valence-corrected chi connectivity index (χ4v) is 4.42. The number of carbonyl (C=O) groups excluding carboxylic acids is 1. The van der Waals surface area contributed by atoms with Crippen molar-refractivity contribution >= 4 is 5.91 Å². The lowest BCUT2D eigenvalue weighted by atomic mass is 9.76. The second-order valence-electron chi connectivity index (χ2n) is 7.72. The van der Waals surface area contributed by atoms with E-state index in [2.05, 4.69) is 18.7 Å². The van der Waals surface area contributed by atoms with Gasteiger partial charge in [0, 0.05) is 38.8 Å². The molecule has 3 heterocycles. The van der Waals surface area contributed by atoms with Crippen LogP contribution in [0.3, 0.4) is 0 Å². The largest absolute Gasteiger partial charge is 0.469 e. The summed E-state index contributed by atoms with van der Waals surface area (Å²) >= 11 is 0. The van der Waals surface area contributed by atoms with Crippen molar-refractivity contribution in [2.24, 2.45) is 5.41 Å². The second-order valence-corrected chi connectivity index (χ2v) is 7.72. The van der Waals surface area contributed by atoms with E-state index in [9.17, 15) is 4.79 Å². The van der Waals surface area contributed by atoms with Crippen molar-refractivity contribution in [1.82, 2.24) is 9.80 Å². The average molecular weight is 334 g/mol. The van der Waals surface area contributed by atoms with Crippen LogP contribution < -0.4 is 0 Å². The van der Waals surface area contributed by atoms with Crippen LogP contribution in [-0.4, -0.2) is 61.1 Å². The van der Waals surface area contributed by atoms with Crippen LogP contribution in [0.5, 0.6) is 0 Å². The predicted octanol–water partition coefficient (Wildman–Crippen LogP) is 2.56. The van der Waals surface area contributed by atoms with Gasteiger partial charge in [-0.3, -0.25) is 9.69 Å². The Bertz CT molecular complexity index is 533. The number of hydrogen-bond acceptors (Lipinski definition) is 4. The Morgan fingerprint density at radius 1 is 1.42 bits per heavy atom. The van der Waals surface area contributed by atoms with Gasteiger partial charge >= 0.3 is 0 Å². The number of piperidine rings is 1. The molecule has 0 radical (unpaired) electrons. The van der Waals surface area contributed by atoms with Gasteiger partial charge in [-0.2, -0.15) is 0 Å². The Balaban J connectivity index is 1.57. The minimum atomic E-state index is 0.187. The summed E-state index contributed by atoms with van der Waals surface area (Å²) < 4.78 is 10.7. The van der Waals surface area contributed by atoms with Crippen molar-refractivity contribution in [2.45, 2.75) is 51.6 Å². The van der Waals surface area contributed by atoms with E-state index >= 15 is 0 Å². The van der Waals surface area contributed by atoms with E-state index in [1.807, 2.05) is 17.0 Å². The van der Waals surface area contributed by atoms with Gasteiger partial charge in [0.1, 0.15) is 5.76 Å². The molecule has 0 N–H and O–H groups in total.